The van der Waals surface area contributed by atoms with Crippen molar-refractivity contribution in [1.82, 2.24) is 10.6 Å². The highest BCUT2D eigenvalue weighted by Crippen LogP contribution is 2.20. The third-order valence-corrected chi connectivity index (χ3v) is 4.06. The van der Waals surface area contributed by atoms with Gasteiger partial charge in [-0.15, -0.1) is 0 Å². The number of alkyl halides is 2. The Morgan fingerprint density at radius 1 is 0.926 bits per heavy atom. The van der Waals surface area contributed by atoms with Gasteiger partial charge in [-0.1, -0.05) is 60.7 Å². The minimum Gasteiger partial charge on any atom is -0.481 e. The van der Waals surface area contributed by atoms with Gasteiger partial charge < -0.3 is 15.7 Å². The highest BCUT2D eigenvalue weighted by atomic mass is 19.3. The Kier molecular flexibility index (Phi) is 7.73. The number of hydrogen-bond acceptors (Lipinski definition) is 2. The number of hydrogen-bond donors (Lipinski definition) is 3. The average Bonchev–Trinajstić information content (AvgIpc) is 2.65. The van der Waals surface area contributed by atoms with Crippen LogP contribution in [0, 0.1) is 0 Å². The Labute approximate surface area is 156 Å². The normalized spacial score (nSPS) is 13.0. The van der Waals surface area contributed by atoms with Gasteiger partial charge in [0.25, 0.3) is 6.43 Å². The molecule has 0 saturated heterocycles. The highest BCUT2D eigenvalue weighted by molar-refractivity contribution is 5.75. The first kappa shape index (κ1) is 20.4. The van der Waals surface area contributed by atoms with E-state index in [2.05, 4.69) is 10.6 Å². The van der Waals surface area contributed by atoms with E-state index >= 15 is 0 Å². The van der Waals surface area contributed by atoms with Crippen molar-refractivity contribution in [2.75, 3.05) is 0 Å². The van der Waals surface area contributed by atoms with Crippen LogP contribution in [0.5, 0.6) is 0 Å². The van der Waals surface area contributed by atoms with E-state index in [1.807, 2.05) is 30.3 Å². The Morgan fingerprint density at radius 2 is 1.52 bits per heavy atom. The molecule has 2 amide bonds. The molecule has 0 spiro atoms. The second-order valence-electron chi connectivity index (χ2n) is 6.16. The molecule has 2 rings (SSSR count). The zero-order valence-corrected chi connectivity index (χ0v) is 14.6. The van der Waals surface area contributed by atoms with Crippen molar-refractivity contribution in [3.63, 3.8) is 0 Å². The Hall–Kier alpha value is -2.96. The van der Waals surface area contributed by atoms with Gasteiger partial charge in [0.1, 0.15) is 6.04 Å². The van der Waals surface area contributed by atoms with E-state index in [-0.39, 0.29) is 12.8 Å². The summed E-state index contributed by atoms with van der Waals surface area (Å²) in [6.45, 7) is 0. The maximum atomic E-state index is 13.4. The van der Waals surface area contributed by atoms with Crippen LogP contribution >= 0.6 is 0 Å². The molecule has 2 aromatic carbocycles. The fourth-order valence-electron chi connectivity index (χ4n) is 2.74. The molecule has 7 heteroatoms. The van der Waals surface area contributed by atoms with Crippen LogP contribution in [0.15, 0.2) is 60.7 Å². The van der Waals surface area contributed by atoms with Crippen LogP contribution in [0.25, 0.3) is 0 Å². The molecular weight excluding hydrogens is 354 g/mol. The van der Waals surface area contributed by atoms with Gasteiger partial charge in [-0.2, -0.15) is 0 Å². The summed E-state index contributed by atoms with van der Waals surface area (Å²) in [6.07, 6.45) is -2.30. The number of urea groups is 1. The van der Waals surface area contributed by atoms with Crippen LogP contribution in [-0.4, -0.2) is 29.6 Å². The van der Waals surface area contributed by atoms with Crippen LogP contribution in [-0.2, 0) is 11.2 Å². The van der Waals surface area contributed by atoms with Crippen LogP contribution in [0.4, 0.5) is 13.6 Å². The Balaban J connectivity index is 2.03. The number of aliphatic carboxylic acids is 1. The van der Waals surface area contributed by atoms with Crippen LogP contribution in [0.1, 0.15) is 30.0 Å². The molecule has 2 unspecified atom stereocenters. The third kappa shape index (κ3) is 7.05. The van der Waals surface area contributed by atoms with E-state index in [0.717, 1.165) is 5.56 Å². The number of carbonyl (C=O) groups is 2. The Bertz CT molecular complexity index is 727. The number of carboxylic acids is 1. The first-order valence-electron chi connectivity index (χ1n) is 8.61. The molecule has 0 bridgehead atoms. The number of halogens is 2. The lowest BCUT2D eigenvalue weighted by molar-refractivity contribution is -0.137. The van der Waals surface area contributed by atoms with Crippen molar-refractivity contribution < 1.29 is 23.5 Å². The molecule has 27 heavy (non-hydrogen) atoms. The highest BCUT2D eigenvalue weighted by Gasteiger charge is 2.25. The maximum absolute atomic E-state index is 13.4. The molecule has 0 radical (unpaired) electrons. The SMILES string of the molecule is O=C(O)CCC(Cc1ccccc1)NC(=O)NC(c1ccccc1)C(F)F. The predicted molar refractivity (Wildman–Crippen MR) is 97.7 cm³/mol. The van der Waals surface area contributed by atoms with Crippen molar-refractivity contribution in [1.29, 1.82) is 0 Å². The Morgan fingerprint density at radius 3 is 2.07 bits per heavy atom. The largest absolute Gasteiger partial charge is 0.481 e. The molecule has 0 aliphatic rings. The average molecular weight is 376 g/mol. The van der Waals surface area contributed by atoms with Crippen molar-refractivity contribution in [3.05, 3.63) is 71.8 Å². The second kappa shape index (κ2) is 10.3. The second-order valence-corrected chi connectivity index (χ2v) is 6.16. The summed E-state index contributed by atoms with van der Waals surface area (Å²) >= 11 is 0. The van der Waals surface area contributed by atoms with Gasteiger partial charge in [0.05, 0.1) is 0 Å². The molecule has 0 saturated carbocycles. The number of carboxylic acid groups (broad SMARTS) is 1. The minimum atomic E-state index is -2.77. The monoisotopic (exact) mass is 376 g/mol. The van der Waals surface area contributed by atoms with E-state index in [0.29, 0.717) is 12.0 Å². The molecule has 144 valence electrons. The van der Waals surface area contributed by atoms with Gasteiger partial charge in [0.15, 0.2) is 0 Å². The molecule has 5 nitrogen and oxygen atoms in total. The van der Waals surface area contributed by atoms with Gasteiger partial charge in [0, 0.05) is 12.5 Å². The smallest absolute Gasteiger partial charge is 0.315 e. The van der Waals surface area contributed by atoms with Gasteiger partial charge in [-0.3, -0.25) is 4.79 Å². The quantitative estimate of drug-likeness (QED) is 0.623. The van der Waals surface area contributed by atoms with E-state index in [1.54, 1.807) is 18.2 Å². The lowest BCUT2D eigenvalue weighted by Crippen LogP contribution is -2.46. The summed E-state index contributed by atoms with van der Waals surface area (Å²) in [7, 11) is 0. The van der Waals surface area contributed by atoms with Crippen molar-refractivity contribution in [3.8, 4) is 0 Å². The fourth-order valence-corrected chi connectivity index (χ4v) is 2.74. The number of rotatable bonds is 9. The summed E-state index contributed by atoms with van der Waals surface area (Å²) in [6, 6.07) is 14.5. The molecule has 0 aliphatic carbocycles. The maximum Gasteiger partial charge on any atom is 0.315 e. The topological polar surface area (TPSA) is 78.4 Å². The number of nitrogens with one attached hydrogen (secondary N) is 2. The molecular formula is C20H22F2N2O3. The first-order valence-corrected chi connectivity index (χ1v) is 8.61. The lowest BCUT2D eigenvalue weighted by Gasteiger charge is -2.22. The zero-order valence-electron chi connectivity index (χ0n) is 14.6. The van der Waals surface area contributed by atoms with Gasteiger partial charge in [0.2, 0.25) is 0 Å². The van der Waals surface area contributed by atoms with Crippen molar-refractivity contribution in [2.45, 2.75) is 37.8 Å². The van der Waals surface area contributed by atoms with Gasteiger partial charge in [-0.25, -0.2) is 13.6 Å². The summed E-state index contributed by atoms with van der Waals surface area (Å²) in [5.41, 5.74) is 1.22. The van der Waals surface area contributed by atoms with Gasteiger partial charge in [-0.05, 0) is 24.0 Å². The van der Waals surface area contributed by atoms with E-state index < -0.39 is 30.5 Å². The summed E-state index contributed by atoms with van der Waals surface area (Å²) in [5, 5.41) is 13.8. The van der Waals surface area contributed by atoms with Crippen LogP contribution in [0.2, 0.25) is 0 Å². The molecule has 0 aliphatic heterocycles. The molecule has 2 atom stereocenters. The summed E-state index contributed by atoms with van der Waals surface area (Å²) in [4.78, 5) is 23.1. The number of carbonyl (C=O) groups excluding carboxylic acids is 1. The van der Waals surface area contributed by atoms with Crippen LogP contribution < -0.4 is 10.6 Å². The standard InChI is InChI=1S/C20H22F2N2O3/c21-19(22)18(15-9-5-2-6-10-15)24-20(27)23-16(11-12-17(25)26)13-14-7-3-1-4-8-14/h1-10,16,18-19H,11-13H2,(H,25,26)(H2,23,24,27). The van der Waals surface area contributed by atoms with Crippen molar-refractivity contribution >= 4 is 12.0 Å². The lowest BCUT2D eigenvalue weighted by atomic mass is 10.0. The fraction of sp³-hybridized carbons (Fsp3) is 0.300. The van der Waals surface area contributed by atoms with Crippen LogP contribution in [0.3, 0.4) is 0 Å². The van der Waals surface area contributed by atoms with Crippen molar-refractivity contribution in [2.24, 2.45) is 0 Å². The molecule has 3 N–H and O–H groups in total. The summed E-state index contributed by atoms with van der Waals surface area (Å²) in [5.74, 6) is -0.981. The molecule has 0 aromatic heterocycles. The van der Waals surface area contributed by atoms with Gasteiger partial charge >= 0.3 is 12.0 Å². The third-order valence-electron chi connectivity index (χ3n) is 4.06. The predicted octanol–water partition coefficient (Wildman–Crippen LogP) is 3.77. The minimum absolute atomic E-state index is 0.130. The first-order chi connectivity index (χ1) is 13.0. The van der Waals surface area contributed by atoms with E-state index in [4.69, 9.17) is 5.11 Å². The number of amides is 2. The molecule has 2 aromatic rings. The van der Waals surface area contributed by atoms with E-state index in [1.165, 1.54) is 12.1 Å². The molecule has 0 heterocycles. The number of benzene rings is 2. The molecule has 0 fully saturated rings. The van der Waals surface area contributed by atoms with E-state index in [9.17, 15) is 18.4 Å². The zero-order chi connectivity index (χ0) is 19.6. The summed E-state index contributed by atoms with van der Waals surface area (Å²) < 4.78 is 26.7.